The summed E-state index contributed by atoms with van der Waals surface area (Å²) in [6.45, 7) is 0. The van der Waals surface area contributed by atoms with Crippen LogP contribution in [0.1, 0.15) is 0 Å². The molecule has 10 aromatic rings. The molecule has 0 amide bonds. The van der Waals surface area contributed by atoms with Crippen molar-refractivity contribution < 1.29 is 0 Å². The largest absolute Gasteiger partial charge is 0.309 e. The maximum atomic E-state index is 2.43. The summed E-state index contributed by atoms with van der Waals surface area (Å²) in [6, 6.07) is 60.8. The van der Waals surface area contributed by atoms with E-state index in [2.05, 4.69) is 168 Å². The summed E-state index contributed by atoms with van der Waals surface area (Å²) in [5, 5.41) is 7.86. The molecule has 0 unspecified atom stereocenters. The van der Waals surface area contributed by atoms with E-state index in [0.717, 1.165) is 0 Å². The molecule has 0 saturated carbocycles. The lowest BCUT2D eigenvalue weighted by molar-refractivity contribution is 1.18. The smallest absolute Gasteiger partial charge is 0.0541 e. The number of hydrogen-bond donors (Lipinski definition) is 0. The van der Waals surface area contributed by atoms with Gasteiger partial charge in [-0.2, -0.15) is 0 Å². The highest BCUT2D eigenvalue weighted by atomic mass is 32.1. The Morgan fingerprint density at radius 1 is 0.354 bits per heavy atom. The van der Waals surface area contributed by atoms with E-state index in [9.17, 15) is 0 Å². The Hall–Kier alpha value is -5.96. The van der Waals surface area contributed by atoms with Crippen molar-refractivity contribution in [3.05, 3.63) is 164 Å². The number of benzene rings is 8. The van der Waals surface area contributed by atoms with E-state index in [1.54, 1.807) is 0 Å². The van der Waals surface area contributed by atoms with E-state index in [0.29, 0.717) is 0 Å². The van der Waals surface area contributed by atoms with Gasteiger partial charge in [-0.25, -0.2) is 0 Å². The average Bonchev–Trinajstić information content (AvgIpc) is 3.80. The SMILES string of the molecule is c1cc(-c2cc3c4c(cccc4c2)-c2ccccc2-3)cc(-n2c3ccccc3c3cc(-c4ccc5sc6ccccc6c5c4)ccc32)c1. The first-order valence-electron chi connectivity index (χ1n) is 16.5. The minimum absolute atomic E-state index is 1.17. The predicted molar refractivity (Wildman–Crippen MR) is 206 cm³/mol. The van der Waals surface area contributed by atoms with Crippen molar-refractivity contribution in [3.63, 3.8) is 0 Å². The molecule has 1 aliphatic rings. The predicted octanol–water partition coefficient (Wildman–Crippen LogP) is 13.3. The molecule has 48 heavy (non-hydrogen) atoms. The standard InChI is InChI=1S/C46H27NS/c1-2-13-35-34(12-1)38-16-8-10-31-23-32(27-41(35)46(31)38)28-9-7-11-33(24-28)47-42-17-5-3-14-36(42)39-25-29(19-21-43(39)47)30-20-22-45-40(26-30)37-15-4-6-18-44(37)48-45/h1-27H. The molecule has 0 spiro atoms. The van der Waals surface area contributed by atoms with Crippen LogP contribution in [0.2, 0.25) is 0 Å². The number of para-hydroxylation sites is 1. The Kier molecular flexibility index (Phi) is 5.32. The molecule has 0 fully saturated rings. The topological polar surface area (TPSA) is 4.93 Å². The van der Waals surface area contributed by atoms with Crippen LogP contribution in [0.3, 0.4) is 0 Å². The van der Waals surface area contributed by atoms with E-state index in [1.165, 1.54) is 103 Å². The van der Waals surface area contributed by atoms with E-state index < -0.39 is 0 Å². The van der Waals surface area contributed by atoms with E-state index in [4.69, 9.17) is 0 Å². The van der Waals surface area contributed by atoms with Gasteiger partial charge >= 0.3 is 0 Å². The van der Waals surface area contributed by atoms with Crippen LogP contribution >= 0.6 is 11.3 Å². The molecule has 2 heteroatoms. The van der Waals surface area contributed by atoms with E-state index in [-0.39, 0.29) is 0 Å². The van der Waals surface area contributed by atoms with Crippen LogP contribution in [-0.2, 0) is 0 Å². The summed E-state index contributed by atoms with van der Waals surface area (Å²) in [4.78, 5) is 0. The highest BCUT2D eigenvalue weighted by Crippen LogP contribution is 2.48. The molecule has 0 N–H and O–H groups in total. The number of hydrogen-bond acceptors (Lipinski definition) is 1. The number of aromatic nitrogens is 1. The van der Waals surface area contributed by atoms with Crippen LogP contribution in [0.15, 0.2) is 164 Å². The zero-order valence-electron chi connectivity index (χ0n) is 25.9. The Morgan fingerprint density at radius 3 is 1.94 bits per heavy atom. The minimum Gasteiger partial charge on any atom is -0.309 e. The number of rotatable bonds is 3. The molecule has 8 aromatic carbocycles. The molecule has 0 saturated heterocycles. The van der Waals surface area contributed by atoms with Gasteiger partial charge in [0.1, 0.15) is 0 Å². The molecule has 1 nitrogen and oxygen atoms in total. The first-order valence-corrected chi connectivity index (χ1v) is 17.3. The molecule has 2 heterocycles. The van der Waals surface area contributed by atoms with Gasteiger partial charge in [-0.3, -0.25) is 0 Å². The summed E-state index contributed by atoms with van der Waals surface area (Å²) in [6.07, 6.45) is 0. The van der Waals surface area contributed by atoms with Crippen molar-refractivity contribution in [1.82, 2.24) is 4.57 Å². The van der Waals surface area contributed by atoms with Crippen molar-refractivity contribution in [2.24, 2.45) is 0 Å². The van der Waals surface area contributed by atoms with Gasteiger partial charge in [0.05, 0.1) is 11.0 Å². The summed E-state index contributed by atoms with van der Waals surface area (Å²) < 4.78 is 5.11. The quantitative estimate of drug-likeness (QED) is 0.184. The van der Waals surface area contributed by atoms with Gasteiger partial charge in [0.25, 0.3) is 0 Å². The second-order valence-corrected chi connectivity index (χ2v) is 14.0. The van der Waals surface area contributed by atoms with Crippen molar-refractivity contribution in [2.45, 2.75) is 0 Å². The maximum absolute atomic E-state index is 2.43. The van der Waals surface area contributed by atoms with E-state index in [1.807, 2.05) is 11.3 Å². The second kappa shape index (κ2) is 9.78. The normalized spacial score (nSPS) is 12.2. The van der Waals surface area contributed by atoms with Crippen LogP contribution in [0.4, 0.5) is 0 Å². The van der Waals surface area contributed by atoms with Gasteiger partial charge in [-0.15, -0.1) is 11.3 Å². The number of fused-ring (bicyclic) bond motifs is 9. The van der Waals surface area contributed by atoms with Crippen molar-refractivity contribution in [3.8, 4) is 50.2 Å². The first-order chi connectivity index (χ1) is 23.8. The molecule has 1 aliphatic carbocycles. The summed E-state index contributed by atoms with van der Waals surface area (Å²) in [5.74, 6) is 0. The fraction of sp³-hybridized carbons (Fsp3) is 0. The average molecular weight is 626 g/mol. The highest BCUT2D eigenvalue weighted by Gasteiger charge is 2.22. The molecule has 0 bridgehead atoms. The zero-order chi connectivity index (χ0) is 31.3. The van der Waals surface area contributed by atoms with Crippen molar-refractivity contribution in [1.29, 1.82) is 0 Å². The summed E-state index contributed by atoms with van der Waals surface area (Å²) >= 11 is 1.87. The van der Waals surface area contributed by atoms with Crippen molar-refractivity contribution >= 4 is 64.1 Å². The lowest BCUT2D eigenvalue weighted by Gasteiger charge is -2.12. The van der Waals surface area contributed by atoms with Crippen LogP contribution in [0, 0.1) is 0 Å². The van der Waals surface area contributed by atoms with Crippen LogP contribution < -0.4 is 0 Å². The molecular formula is C46H27NS. The van der Waals surface area contributed by atoms with Gasteiger partial charge in [-0.1, -0.05) is 103 Å². The van der Waals surface area contributed by atoms with Gasteiger partial charge < -0.3 is 4.57 Å². The molecule has 11 rings (SSSR count). The number of nitrogens with zero attached hydrogens (tertiary/aromatic N) is 1. The molecular weight excluding hydrogens is 599 g/mol. The fourth-order valence-corrected chi connectivity index (χ4v) is 9.23. The van der Waals surface area contributed by atoms with Crippen LogP contribution in [0.5, 0.6) is 0 Å². The Labute approximate surface area is 281 Å². The Morgan fingerprint density at radius 2 is 1.02 bits per heavy atom. The molecule has 0 radical (unpaired) electrons. The Balaban J connectivity index is 1.07. The maximum Gasteiger partial charge on any atom is 0.0541 e. The highest BCUT2D eigenvalue weighted by molar-refractivity contribution is 7.25. The summed E-state index contributed by atoms with van der Waals surface area (Å²) in [5.41, 5.74) is 13.9. The molecule has 0 atom stereocenters. The monoisotopic (exact) mass is 625 g/mol. The van der Waals surface area contributed by atoms with Crippen LogP contribution in [-0.4, -0.2) is 4.57 Å². The first kappa shape index (κ1) is 26.1. The zero-order valence-corrected chi connectivity index (χ0v) is 26.8. The fourth-order valence-electron chi connectivity index (χ4n) is 8.15. The summed E-state index contributed by atoms with van der Waals surface area (Å²) in [7, 11) is 0. The lowest BCUT2D eigenvalue weighted by atomic mass is 9.96. The number of thiophene rings is 1. The van der Waals surface area contributed by atoms with Gasteiger partial charge in [0.2, 0.25) is 0 Å². The minimum atomic E-state index is 1.17. The van der Waals surface area contributed by atoms with E-state index >= 15 is 0 Å². The van der Waals surface area contributed by atoms with Gasteiger partial charge in [-0.05, 0) is 116 Å². The Bertz CT molecular complexity index is 2960. The molecule has 222 valence electrons. The second-order valence-electron chi connectivity index (χ2n) is 12.9. The third-order valence-corrected chi connectivity index (χ3v) is 11.5. The van der Waals surface area contributed by atoms with Crippen molar-refractivity contribution in [2.75, 3.05) is 0 Å². The van der Waals surface area contributed by atoms with Gasteiger partial charge in [0, 0.05) is 36.6 Å². The molecule has 0 aliphatic heterocycles. The van der Waals surface area contributed by atoms with Crippen LogP contribution in [0.25, 0.3) is 103 Å². The third-order valence-electron chi connectivity index (χ3n) is 10.3. The third kappa shape index (κ3) is 3.66. The lowest BCUT2D eigenvalue weighted by Crippen LogP contribution is -1.94. The van der Waals surface area contributed by atoms with Gasteiger partial charge in [0.15, 0.2) is 0 Å². The molecule has 2 aromatic heterocycles.